The number of hydrogen-bond donors (Lipinski definition) is 0. The van der Waals surface area contributed by atoms with Gasteiger partial charge >= 0.3 is 0 Å². The normalized spacial score (nSPS) is 15.7. The van der Waals surface area contributed by atoms with Crippen LogP contribution in [0.15, 0.2) is 18.2 Å². The third kappa shape index (κ3) is 2.63. The van der Waals surface area contributed by atoms with E-state index in [4.69, 9.17) is 18.9 Å². The van der Waals surface area contributed by atoms with E-state index in [9.17, 15) is 4.79 Å². The average molecular weight is 252 g/mol. The van der Waals surface area contributed by atoms with Crippen molar-refractivity contribution in [3.05, 3.63) is 23.8 Å². The van der Waals surface area contributed by atoms with Gasteiger partial charge in [-0.2, -0.15) is 0 Å². The molecule has 18 heavy (non-hydrogen) atoms. The van der Waals surface area contributed by atoms with Gasteiger partial charge < -0.3 is 18.9 Å². The van der Waals surface area contributed by atoms with Crippen LogP contribution in [-0.2, 0) is 9.47 Å². The van der Waals surface area contributed by atoms with Crippen molar-refractivity contribution in [2.24, 2.45) is 0 Å². The maximum atomic E-state index is 12.2. The lowest BCUT2D eigenvalue weighted by Gasteiger charge is -2.13. The van der Waals surface area contributed by atoms with E-state index in [1.54, 1.807) is 18.2 Å². The predicted octanol–water partition coefficient (Wildman–Crippen LogP) is 1.65. The highest BCUT2D eigenvalue weighted by molar-refractivity contribution is 6.01. The van der Waals surface area contributed by atoms with Crippen molar-refractivity contribution in [1.82, 2.24) is 0 Å². The molecule has 0 N–H and O–H groups in total. The maximum Gasteiger partial charge on any atom is 0.175 e. The Morgan fingerprint density at radius 3 is 2.28 bits per heavy atom. The largest absolute Gasteiger partial charge is 0.496 e. The summed E-state index contributed by atoms with van der Waals surface area (Å²) in [5.41, 5.74) is 0.432. The molecule has 1 saturated heterocycles. The lowest BCUT2D eigenvalue weighted by Crippen LogP contribution is -2.15. The second-order valence-electron chi connectivity index (χ2n) is 3.84. The van der Waals surface area contributed by atoms with Crippen LogP contribution in [-0.4, -0.2) is 39.5 Å². The highest BCUT2D eigenvalue weighted by atomic mass is 16.7. The standard InChI is InChI=1S/C13H16O5/c1-15-10-4-3-5-11(16-2)13(10)9(14)8-12-17-6-7-18-12/h3-5,12H,6-8H2,1-2H3. The number of Topliss-reactive ketones (excluding diaryl/α,β-unsaturated/α-hetero) is 1. The minimum atomic E-state index is -0.466. The van der Waals surface area contributed by atoms with Gasteiger partial charge in [-0.15, -0.1) is 0 Å². The van der Waals surface area contributed by atoms with E-state index in [1.165, 1.54) is 14.2 Å². The van der Waals surface area contributed by atoms with Crippen LogP contribution >= 0.6 is 0 Å². The first-order valence-corrected chi connectivity index (χ1v) is 5.73. The molecule has 0 unspecified atom stereocenters. The van der Waals surface area contributed by atoms with Crippen molar-refractivity contribution >= 4 is 5.78 Å². The van der Waals surface area contributed by atoms with E-state index in [2.05, 4.69) is 0 Å². The van der Waals surface area contributed by atoms with Crippen LogP contribution in [0.1, 0.15) is 16.8 Å². The fourth-order valence-electron chi connectivity index (χ4n) is 1.90. The predicted molar refractivity (Wildman–Crippen MR) is 64.2 cm³/mol. The summed E-state index contributed by atoms with van der Waals surface area (Å²) in [6.45, 7) is 1.06. The van der Waals surface area contributed by atoms with Crippen LogP contribution in [0.3, 0.4) is 0 Å². The molecule has 0 bridgehead atoms. The van der Waals surface area contributed by atoms with E-state index in [1.807, 2.05) is 0 Å². The number of carbonyl (C=O) groups is 1. The molecule has 5 heteroatoms. The molecule has 1 fully saturated rings. The summed E-state index contributed by atoms with van der Waals surface area (Å²) in [5, 5.41) is 0. The number of ketones is 1. The van der Waals surface area contributed by atoms with Crippen LogP contribution in [0, 0.1) is 0 Å². The van der Waals surface area contributed by atoms with Crippen molar-refractivity contribution in [2.45, 2.75) is 12.7 Å². The molecule has 0 aliphatic carbocycles. The van der Waals surface area contributed by atoms with E-state index in [0.717, 1.165) is 0 Å². The Bertz CT molecular complexity index is 401. The summed E-state index contributed by atoms with van der Waals surface area (Å²) in [6.07, 6.45) is -0.302. The molecule has 0 amide bonds. The van der Waals surface area contributed by atoms with Crippen molar-refractivity contribution in [3.8, 4) is 11.5 Å². The first kappa shape index (κ1) is 12.9. The Kier molecular flexibility index (Phi) is 4.17. The Morgan fingerprint density at radius 2 is 1.78 bits per heavy atom. The molecule has 1 heterocycles. The number of hydrogen-bond acceptors (Lipinski definition) is 5. The molecule has 0 aromatic heterocycles. The van der Waals surface area contributed by atoms with Gasteiger partial charge in [-0.1, -0.05) is 6.07 Å². The SMILES string of the molecule is COc1cccc(OC)c1C(=O)CC1OCCO1. The number of rotatable bonds is 5. The third-order valence-corrected chi connectivity index (χ3v) is 2.75. The number of methoxy groups -OCH3 is 2. The molecular weight excluding hydrogens is 236 g/mol. The van der Waals surface area contributed by atoms with E-state index in [-0.39, 0.29) is 12.2 Å². The fraction of sp³-hybridized carbons (Fsp3) is 0.462. The zero-order valence-corrected chi connectivity index (χ0v) is 10.5. The third-order valence-electron chi connectivity index (χ3n) is 2.75. The first-order valence-electron chi connectivity index (χ1n) is 5.73. The maximum absolute atomic E-state index is 12.2. The van der Waals surface area contributed by atoms with Crippen molar-refractivity contribution < 1.29 is 23.7 Å². The molecule has 1 aliphatic rings. The Morgan fingerprint density at radius 1 is 1.22 bits per heavy atom. The van der Waals surface area contributed by atoms with Gasteiger partial charge in [-0.25, -0.2) is 0 Å². The summed E-state index contributed by atoms with van der Waals surface area (Å²) in [4.78, 5) is 12.2. The zero-order chi connectivity index (χ0) is 13.0. The van der Waals surface area contributed by atoms with Gasteiger partial charge in [-0.05, 0) is 12.1 Å². The summed E-state index contributed by atoms with van der Waals surface area (Å²) < 4.78 is 20.9. The van der Waals surface area contributed by atoms with E-state index in [0.29, 0.717) is 30.3 Å². The van der Waals surface area contributed by atoms with Crippen molar-refractivity contribution in [1.29, 1.82) is 0 Å². The number of ether oxygens (including phenoxy) is 4. The Labute approximate surface area is 106 Å². The van der Waals surface area contributed by atoms with Crippen LogP contribution < -0.4 is 9.47 Å². The minimum absolute atomic E-state index is 0.115. The van der Waals surface area contributed by atoms with Gasteiger partial charge in [0.15, 0.2) is 12.1 Å². The summed E-state index contributed by atoms with van der Waals surface area (Å²) >= 11 is 0. The van der Waals surface area contributed by atoms with Crippen LogP contribution in [0.4, 0.5) is 0 Å². The molecule has 1 aromatic carbocycles. The van der Waals surface area contributed by atoms with E-state index >= 15 is 0 Å². The molecule has 98 valence electrons. The molecule has 0 radical (unpaired) electrons. The summed E-state index contributed by atoms with van der Waals surface area (Å²) in [5.74, 6) is 0.880. The highest BCUT2D eigenvalue weighted by Crippen LogP contribution is 2.30. The molecule has 2 rings (SSSR count). The van der Waals surface area contributed by atoms with Gasteiger partial charge in [0, 0.05) is 0 Å². The molecule has 0 spiro atoms. The van der Waals surface area contributed by atoms with Crippen molar-refractivity contribution in [3.63, 3.8) is 0 Å². The molecule has 5 nitrogen and oxygen atoms in total. The Balaban J connectivity index is 2.21. The van der Waals surface area contributed by atoms with Crippen molar-refractivity contribution in [2.75, 3.05) is 27.4 Å². The monoisotopic (exact) mass is 252 g/mol. The fourth-order valence-corrected chi connectivity index (χ4v) is 1.90. The second kappa shape index (κ2) is 5.84. The first-order chi connectivity index (χ1) is 8.76. The van der Waals surface area contributed by atoms with E-state index < -0.39 is 6.29 Å². The molecule has 1 aliphatic heterocycles. The van der Waals surface area contributed by atoms with Gasteiger partial charge in [0.1, 0.15) is 17.1 Å². The minimum Gasteiger partial charge on any atom is -0.496 e. The molecule has 1 aromatic rings. The molecule has 0 atom stereocenters. The molecular formula is C13H16O5. The number of benzene rings is 1. The topological polar surface area (TPSA) is 54.0 Å². The van der Waals surface area contributed by atoms with Gasteiger partial charge in [-0.3, -0.25) is 4.79 Å². The summed E-state index contributed by atoms with van der Waals surface area (Å²) in [6, 6.07) is 5.23. The summed E-state index contributed by atoms with van der Waals surface area (Å²) in [7, 11) is 3.04. The van der Waals surface area contributed by atoms with Gasteiger partial charge in [0.2, 0.25) is 0 Å². The Hall–Kier alpha value is -1.59. The van der Waals surface area contributed by atoms with Crippen LogP contribution in [0.25, 0.3) is 0 Å². The second-order valence-corrected chi connectivity index (χ2v) is 3.84. The van der Waals surface area contributed by atoms with Gasteiger partial charge in [0.25, 0.3) is 0 Å². The zero-order valence-electron chi connectivity index (χ0n) is 10.5. The number of carbonyl (C=O) groups excluding carboxylic acids is 1. The van der Waals surface area contributed by atoms with Crippen LogP contribution in [0.5, 0.6) is 11.5 Å². The smallest absolute Gasteiger partial charge is 0.175 e. The average Bonchev–Trinajstić information content (AvgIpc) is 2.90. The quantitative estimate of drug-likeness (QED) is 0.746. The lowest BCUT2D eigenvalue weighted by atomic mass is 10.1. The highest BCUT2D eigenvalue weighted by Gasteiger charge is 2.24. The molecule has 0 saturated carbocycles. The lowest BCUT2D eigenvalue weighted by molar-refractivity contribution is -0.0408. The van der Waals surface area contributed by atoms with Crippen LogP contribution in [0.2, 0.25) is 0 Å². The van der Waals surface area contributed by atoms with Gasteiger partial charge in [0.05, 0.1) is 33.9 Å².